The lowest BCUT2D eigenvalue weighted by molar-refractivity contribution is 0.0642. The van der Waals surface area contributed by atoms with Gasteiger partial charge in [-0.3, -0.25) is 9.78 Å². The summed E-state index contributed by atoms with van der Waals surface area (Å²) >= 11 is 0. The summed E-state index contributed by atoms with van der Waals surface area (Å²) in [6, 6.07) is 13.4. The Balaban J connectivity index is 0.00000243. The Morgan fingerprint density at radius 2 is 2.00 bits per heavy atom. The van der Waals surface area contributed by atoms with Crippen molar-refractivity contribution in [1.82, 2.24) is 15.2 Å². The van der Waals surface area contributed by atoms with Gasteiger partial charge < -0.3 is 15.0 Å². The van der Waals surface area contributed by atoms with Crippen LogP contribution < -0.4 is 10.1 Å². The molecular formula is C20H26ClN3O2. The van der Waals surface area contributed by atoms with E-state index >= 15 is 0 Å². The Labute approximate surface area is 161 Å². The van der Waals surface area contributed by atoms with Gasteiger partial charge in [0.15, 0.2) is 0 Å². The second-order valence-corrected chi connectivity index (χ2v) is 6.32. The summed E-state index contributed by atoms with van der Waals surface area (Å²) in [7, 11) is 1.63. The van der Waals surface area contributed by atoms with E-state index in [4.69, 9.17) is 4.74 Å². The first kappa shape index (κ1) is 20.2. The molecule has 0 bridgehead atoms. The lowest BCUT2D eigenvalue weighted by Gasteiger charge is -2.31. The minimum Gasteiger partial charge on any atom is -0.497 e. The van der Waals surface area contributed by atoms with Crippen LogP contribution in [0.1, 0.15) is 35.3 Å². The van der Waals surface area contributed by atoms with Gasteiger partial charge in [0.2, 0.25) is 0 Å². The third-order valence-electron chi connectivity index (χ3n) is 4.64. The molecular weight excluding hydrogens is 350 g/mol. The number of benzene rings is 1. The number of amides is 1. The third kappa shape index (κ3) is 5.19. The van der Waals surface area contributed by atoms with Crippen molar-refractivity contribution in [3.05, 3.63) is 59.9 Å². The maximum atomic E-state index is 13.2. The Bertz CT molecular complexity index is 671. The quantitative estimate of drug-likeness (QED) is 0.871. The fourth-order valence-corrected chi connectivity index (χ4v) is 3.24. The van der Waals surface area contributed by atoms with E-state index in [2.05, 4.69) is 10.3 Å². The Morgan fingerprint density at radius 3 is 2.69 bits per heavy atom. The van der Waals surface area contributed by atoms with Crippen LogP contribution in [0, 0.1) is 0 Å². The highest BCUT2D eigenvalue weighted by Gasteiger charge is 2.26. The predicted octanol–water partition coefficient (Wildman–Crippen LogP) is 3.30. The molecule has 1 aromatic carbocycles. The van der Waals surface area contributed by atoms with Crippen molar-refractivity contribution in [3.63, 3.8) is 0 Å². The van der Waals surface area contributed by atoms with Crippen molar-refractivity contribution in [3.8, 4) is 5.75 Å². The number of nitrogens with one attached hydrogen (secondary N) is 1. The van der Waals surface area contributed by atoms with Crippen LogP contribution in [-0.2, 0) is 6.54 Å². The standard InChI is InChI=1S/C20H25N3O2.ClH/c1-25-19-9-7-16(8-10-19)20(24)23(15-17-5-2-3-13-22-17)18-6-4-12-21-14-11-18;/h2-3,5,7-10,13,18,21H,4,6,11-12,14-15H2,1H3;1H. The number of ether oxygens (including phenoxy) is 1. The van der Waals surface area contributed by atoms with E-state index in [0.29, 0.717) is 12.1 Å². The Hall–Kier alpha value is -2.11. The molecule has 1 aliphatic rings. The summed E-state index contributed by atoms with van der Waals surface area (Å²) in [6.45, 7) is 2.50. The van der Waals surface area contributed by atoms with Crippen molar-refractivity contribution >= 4 is 18.3 Å². The summed E-state index contributed by atoms with van der Waals surface area (Å²) in [5.41, 5.74) is 1.61. The number of halogens is 1. The summed E-state index contributed by atoms with van der Waals surface area (Å²) in [4.78, 5) is 19.6. The average molecular weight is 376 g/mol. The van der Waals surface area contributed by atoms with Crippen molar-refractivity contribution in [1.29, 1.82) is 0 Å². The largest absolute Gasteiger partial charge is 0.497 e. The lowest BCUT2D eigenvalue weighted by atomic mass is 10.0. The van der Waals surface area contributed by atoms with E-state index in [1.165, 1.54) is 0 Å². The molecule has 1 aromatic heterocycles. The van der Waals surface area contributed by atoms with Gasteiger partial charge in [-0.2, -0.15) is 0 Å². The molecule has 0 aliphatic carbocycles. The molecule has 1 amide bonds. The maximum Gasteiger partial charge on any atom is 0.254 e. The fraction of sp³-hybridized carbons (Fsp3) is 0.400. The van der Waals surface area contributed by atoms with Crippen molar-refractivity contribution in [2.45, 2.75) is 31.8 Å². The van der Waals surface area contributed by atoms with Gasteiger partial charge in [-0.15, -0.1) is 12.4 Å². The monoisotopic (exact) mass is 375 g/mol. The summed E-state index contributed by atoms with van der Waals surface area (Å²) in [5.74, 6) is 0.812. The number of rotatable bonds is 5. The highest BCUT2D eigenvalue weighted by molar-refractivity contribution is 5.94. The van der Waals surface area contributed by atoms with Crippen LogP contribution >= 0.6 is 12.4 Å². The van der Waals surface area contributed by atoms with Gasteiger partial charge in [0.1, 0.15) is 5.75 Å². The molecule has 3 rings (SSSR count). The van der Waals surface area contributed by atoms with E-state index in [-0.39, 0.29) is 24.4 Å². The van der Waals surface area contributed by atoms with Gasteiger partial charge in [0, 0.05) is 17.8 Å². The van der Waals surface area contributed by atoms with Crippen LogP contribution in [-0.4, -0.2) is 42.0 Å². The zero-order chi connectivity index (χ0) is 17.5. The number of carbonyl (C=O) groups is 1. The van der Waals surface area contributed by atoms with Gasteiger partial charge in [0.05, 0.1) is 19.3 Å². The van der Waals surface area contributed by atoms with Crippen LogP contribution in [0.15, 0.2) is 48.7 Å². The van der Waals surface area contributed by atoms with E-state index in [0.717, 1.165) is 43.8 Å². The van der Waals surface area contributed by atoms with Crippen LogP contribution in [0.4, 0.5) is 0 Å². The first-order chi connectivity index (χ1) is 12.3. The molecule has 2 aromatic rings. The van der Waals surface area contributed by atoms with E-state index in [1.807, 2.05) is 47.4 Å². The highest BCUT2D eigenvalue weighted by atomic mass is 35.5. The Morgan fingerprint density at radius 1 is 1.19 bits per heavy atom. The molecule has 2 heterocycles. The molecule has 0 spiro atoms. The molecule has 0 saturated carbocycles. The normalized spacial score (nSPS) is 16.9. The van der Waals surface area contributed by atoms with Crippen LogP contribution in [0.5, 0.6) is 5.75 Å². The molecule has 140 valence electrons. The molecule has 1 fully saturated rings. The number of nitrogens with zero attached hydrogens (tertiary/aromatic N) is 2. The number of carbonyl (C=O) groups excluding carboxylic acids is 1. The minimum atomic E-state index is 0. The van der Waals surface area contributed by atoms with E-state index in [1.54, 1.807) is 13.3 Å². The smallest absolute Gasteiger partial charge is 0.254 e. The number of aromatic nitrogens is 1. The first-order valence-corrected chi connectivity index (χ1v) is 8.83. The van der Waals surface area contributed by atoms with Crippen LogP contribution in [0.3, 0.4) is 0 Å². The SMILES string of the molecule is COc1ccc(C(=O)N(Cc2ccccn2)C2CCCNCC2)cc1.Cl. The average Bonchev–Trinajstić information content (AvgIpc) is 2.96. The predicted molar refractivity (Wildman–Crippen MR) is 105 cm³/mol. The number of hydrogen-bond acceptors (Lipinski definition) is 4. The van der Waals surface area contributed by atoms with Gasteiger partial charge in [0.25, 0.3) is 5.91 Å². The summed E-state index contributed by atoms with van der Waals surface area (Å²) in [6.07, 6.45) is 4.84. The number of hydrogen-bond donors (Lipinski definition) is 1. The topological polar surface area (TPSA) is 54.5 Å². The first-order valence-electron chi connectivity index (χ1n) is 8.83. The molecule has 6 heteroatoms. The summed E-state index contributed by atoms with van der Waals surface area (Å²) in [5, 5.41) is 3.42. The van der Waals surface area contributed by atoms with E-state index in [9.17, 15) is 4.79 Å². The maximum absolute atomic E-state index is 13.2. The van der Waals surface area contributed by atoms with Gasteiger partial charge in [-0.05, 0) is 68.8 Å². The Kier molecular flexibility index (Phi) is 7.88. The van der Waals surface area contributed by atoms with Crippen LogP contribution in [0.25, 0.3) is 0 Å². The third-order valence-corrected chi connectivity index (χ3v) is 4.64. The van der Waals surface area contributed by atoms with E-state index < -0.39 is 0 Å². The van der Waals surface area contributed by atoms with Gasteiger partial charge in [-0.1, -0.05) is 6.07 Å². The minimum absolute atomic E-state index is 0. The zero-order valence-corrected chi connectivity index (χ0v) is 15.9. The highest BCUT2D eigenvalue weighted by Crippen LogP contribution is 2.20. The second kappa shape index (κ2) is 10.1. The van der Waals surface area contributed by atoms with Crippen molar-refractivity contribution < 1.29 is 9.53 Å². The molecule has 1 saturated heterocycles. The molecule has 1 aliphatic heterocycles. The molecule has 1 atom stereocenters. The molecule has 1 N–H and O–H groups in total. The molecule has 1 unspecified atom stereocenters. The van der Waals surface area contributed by atoms with Gasteiger partial charge in [-0.25, -0.2) is 0 Å². The number of methoxy groups -OCH3 is 1. The van der Waals surface area contributed by atoms with Gasteiger partial charge >= 0.3 is 0 Å². The molecule has 5 nitrogen and oxygen atoms in total. The molecule has 0 radical (unpaired) electrons. The second-order valence-electron chi connectivity index (χ2n) is 6.32. The van der Waals surface area contributed by atoms with Crippen molar-refractivity contribution in [2.24, 2.45) is 0 Å². The summed E-state index contributed by atoms with van der Waals surface area (Å²) < 4.78 is 5.19. The van der Waals surface area contributed by atoms with Crippen LogP contribution in [0.2, 0.25) is 0 Å². The zero-order valence-electron chi connectivity index (χ0n) is 15.1. The fourth-order valence-electron chi connectivity index (χ4n) is 3.24. The lowest BCUT2D eigenvalue weighted by Crippen LogP contribution is -2.40. The number of pyridine rings is 1. The molecule has 26 heavy (non-hydrogen) atoms. The van der Waals surface area contributed by atoms with Crippen molar-refractivity contribution in [2.75, 3.05) is 20.2 Å².